The molecule has 0 bridgehead atoms. The van der Waals surface area contributed by atoms with E-state index < -0.39 is 0 Å². The summed E-state index contributed by atoms with van der Waals surface area (Å²) in [5.74, 6) is -0.382. The largest absolute Gasteiger partial charge is 0.466 e. The van der Waals surface area contributed by atoms with Crippen LogP contribution in [-0.2, 0) is 20.4 Å². The van der Waals surface area contributed by atoms with Gasteiger partial charge in [0.2, 0.25) is 0 Å². The zero-order chi connectivity index (χ0) is 23.0. The maximum absolute atomic E-state index is 13.4. The van der Waals surface area contributed by atoms with E-state index in [0.29, 0.717) is 41.7 Å². The highest BCUT2D eigenvalue weighted by molar-refractivity contribution is 6.28. The van der Waals surface area contributed by atoms with Crippen molar-refractivity contribution in [2.24, 2.45) is 0 Å². The molecule has 0 saturated heterocycles. The fourth-order valence-electron chi connectivity index (χ4n) is 4.09. The van der Waals surface area contributed by atoms with Gasteiger partial charge >= 0.3 is 5.97 Å². The average molecular weight is 421 g/mol. The molecule has 0 unspecified atom stereocenters. The number of benzene rings is 2. The lowest BCUT2D eigenvalue weighted by Gasteiger charge is -2.28. The third-order valence-corrected chi connectivity index (χ3v) is 6.15. The fourth-order valence-corrected chi connectivity index (χ4v) is 4.09. The van der Waals surface area contributed by atoms with Crippen LogP contribution in [0.2, 0.25) is 0 Å². The van der Waals surface area contributed by atoms with Crippen molar-refractivity contribution >= 4 is 17.5 Å². The molecule has 4 nitrogen and oxygen atoms in total. The molecule has 3 rings (SSSR count). The van der Waals surface area contributed by atoms with Crippen molar-refractivity contribution < 1.29 is 19.1 Å². The van der Waals surface area contributed by atoms with Crippen LogP contribution in [-0.4, -0.2) is 24.1 Å². The standard InChI is InChI=1S/C27H32O4/c1-7-31-23(28)9-8-14-27(5,6)18-11-13-20-22(16-18)25(30)21-15-17(26(2,3)4)10-12-19(21)24(20)29/h10-13,15-16H,7-9,14H2,1-6H3. The lowest BCUT2D eigenvalue weighted by Crippen LogP contribution is -2.25. The van der Waals surface area contributed by atoms with Crippen LogP contribution in [0, 0.1) is 0 Å². The Morgan fingerprint density at radius 3 is 1.87 bits per heavy atom. The van der Waals surface area contributed by atoms with Crippen LogP contribution in [0.15, 0.2) is 36.4 Å². The van der Waals surface area contributed by atoms with Gasteiger partial charge in [-0.05, 0) is 66.0 Å². The molecule has 0 amide bonds. The number of carbonyl (C=O) groups is 3. The van der Waals surface area contributed by atoms with Gasteiger partial charge in [0.15, 0.2) is 11.6 Å². The number of ketones is 2. The van der Waals surface area contributed by atoms with Crippen LogP contribution in [0.25, 0.3) is 0 Å². The quantitative estimate of drug-likeness (QED) is 0.475. The lowest BCUT2D eigenvalue weighted by molar-refractivity contribution is -0.143. The van der Waals surface area contributed by atoms with Crippen LogP contribution in [0.5, 0.6) is 0 Å². The normalized spacial score (nSPS) is 13.6. The number of esters is 1. The van der Waals surface area contributed by atoms with Gasteiger partial charge in [-0.3, -0.25) is 14.4 Å². The number of ether oxygens (including phenoxy) is 1. The van der Waals surface area contributed by atoms with E-state index in [1.54, 1.807) is 19.1 Å². The first-order valence-electron chi connectivity index (χ1n) is 11.0. The lowest BCUT2D eigenvalue weighted by atomic mass is 9.75. The molecule has 1 aliphatic rings. The Labute approximate surface area is 185 Å². The van der Waals surface area contributed by atoms with Gasteiger partial charge in [-0.2, -0.15) is 0 Å². The Balaban J connectivity index is 1.91. The highest BCUT2D eigenvalue weighted by atomic mass is 16.5. The monoisotopic (exact) mass is 420 g/mol. The fraction of sp³-hybridized carbons (Fsp3) is 0.444. The van der Waals surface area contributed by atoms with E-state index in [1.165, 1.54) is 0 Å². The maximum atomic E-state index is 13.4. The summed E-state index contributed by atoms with van der Waals surface area (Å²) in [5.41, 5.74) is 3.58. The van der Waals surface area contributed by atoms with Gasteiger partial charge < -0.3 is 4.74 Å². The summed E-state index contributed by atoms with van der Waals surface area (Å²) in [5, 5.41) is 0. The molecule has 2 aromatic rings. The third kappa shape index (κ3) is 4.63. The molecule has 164 valence electrons. The second-order valence-electron chi connectivity index (χ2n) is 9.97. The van der Waals surface area contributed by atoms with Gasteiger partial charge in [-0.15, -0.1) is 0 Å². The summed E-state index contributed by atoms with van der Waals surface area (Å²) < 4.78 is 5.01. The molecular weight excluding hydrogens is 388 g/mol. The SMILES string of the molecule is CCOC(=O)CCCC(C)(C)c1ccc2c(c1)C(=O)c1cc(C(C)(C)C)ccc1C2=O. The van der Waals surface area contributed by atoms with Crippen molar-refractivity contribution in [3.63, 3.8) is 0 Å². The number of rotatable bonds is 6. The third-order valence-electron chi connectivity index (χ3n) is 6.15. The summed E-state index contributed by atoms with van der Waals surface area (Å²) >= 11 is 0. The van der Waals surface area contributed by atoms with Crippen molar-refractivity contribution in [2.45, 2.75) is 71.6 Å². The van der Waals surface area contributed by atoms with E-state index in [1.807, 2.05) is 24.3 Å². The van der Waals surface area contributed by atoms with E-state index in [2.05, 4.69) is 34.6 Å². The number of hydrogen-bond acceptors (Lipinski definition) is 4. The number of hydrogen-bond donors (Lipinski definition) is 0. The van der Waals surface area contributed by atoms with Crippen LogP contribution in [0.1, 0.15) is 104 Å². The molecule has 4 heteroatoms. The van der Waals surface area contributed by atoms with E-state index >= 15 is 0 Å². The summed E-state index contributed by atoms with van der Waals surface area (Å²) in [6, 6.07) is 11.2. The second kappa shape index (κ2) is 8.41. The Hall–Kier alpha value is -2.75. The van der Waals surface area contributed by atoms with Gasteiger partial charge in [0.1, 0.15) is 0 Å². The Morgan fingerprint density at radius 2 is 1.32 bits per heavy atom. The second-order valence-corrected chi connectivity index (χ2v) is 9.97. The van der Waals surface area contributed by atoms with E-state index in [9.17, 15) is 14.4 Å². The first-order chi connectivity index (χ1) is 14.5. The topological polar surface area (TPSA) is 60.4 Å². The highest BCUT2D eigenvalue weighted by Gasteiger charge is 2.32. The van der Waals surface area contributed by atoms with Crippen LogP contribution >= 0.6 is 0 Å². The average Bonchev–Trinajstić information content (AvgIpc) is 2.70. The predicted octanol–water partition coefficient (Wildman–Crippen LogP) is 5.77. The summed E-state index contributed by atoms with van der Waals surface area (Å²) in [7, 11) is 0. The van der Waals surface area contributed by atoms with Gasteiger partial charge in [0.05, 0.1) is 6.61 Å². The Kier molecular flexibility index (Phi) is 6.22. The van der Waals surface area contributed by atoms with Gasteiger partial charge in [-0.25, -0.2) is 0 Å². The van der Waals surface area contributed by atoms with Crippen molar-refractivity contribution in [3.8, 4) is 0 Å². The van der Waals surface area contributed by atoms with E-state index in [4.69, 9.17) is 4.74 Å². The van der Waals surface area contributed by atoms with Crippen molar-refractivity contribution in [1.29, 1.82) is 0 Å². The molecule has 31 heavy (non-hydrogen) atoms. The maximum Gasteiger partial charge on any atom is 0.305 e. The Bertz CT molecular complexity index is 1040. The zero-order valence-corrected chi connectivity index (χ0v) is 19.4. The Morgan fingerprint density at radius 1 is 0.806 bits per heavy atom. The van der Waals surface area contributed by atoms with Crippen molar-refractivity contribution in [1.82, 2.24) is 0 Å². The molecule has 0 spiro atoms. The zero-order valence-electron chi connectivity index (χ0n) is 19.4. The van der Waals surface area contributed by atoms with Crippen LogP contribution < -0.4 is 0 Å². The molecule has 0 aromatic heterocycles. The molecule has 1 aliphatic carbocycles. The molecule has 0 saturated carbocycles. The van der Waals surface area contributed by atoms with E-state index in [-0.39, 0.29) is 28.4 Å². The molecule has 0 heterocycles. The predicted molar refractivity (Wildman–Crippen MR) is 122 cm³/mol. The van der Waals surface area contributed by atoms with Gasteiger partial charge in [0, 0.05) is 28.7 Å². The minimum atomic E-state index is -0.238. The van der Waals surface area contributed by atoms with Gasteiger partial charge in [-0.1, -0.05) is 46.8 Å². The van der Waals surface area contributed by atoms with E-state index in [0.717, 1.165) is 17.5 Å². The molecule has 0 radical (unpaired) electrons. The first kappa shape index (κ1) is 22.9. The minimum absolute atomic E-state index is 0.0973. The summed E-state index contributed by atoms with van der Waals surface area (Å²) in [6.45, 7) is 12.7. The van der Waals surface area contributed by atoms with Crippen LogP contribution in [0.3, 0.4) is 0 Å². The molecule has 0 atom stereocenters. The van der Waals surface area contributed by atoms with Crippen molar-refractivity contribution in [3.05, 3.63) is 69.8 Å². The molecular formula is C27H32O4. The van der Waals surface area contributed by atoms with Crippen LogP contribution in [0.4, 0.5) is 0 Å². The molecule has 2 aromatic carbocycles. The molecule has 0 aliphatic heterocycles. The van der Waals surface area contributed by atoms with Crippen molar-refractivity contribution in [2.75, 3.05) is 6.61 Å². The highest BCUT2D eigenvalue weighted by Crippen LogP contribution is 2.35. The minimum Gasteiger partial charge on any atom is -0.466 e. The number of fused-ring (bicyclic) bond motifs is 2. The van der Waals surface area contributed by atoms with Gasteiger partial charge in [0.25, 0.3) is 0 Å². The smallest absolute Gasteiger partial charge is 0.305 e. The number of carbonyl (C=O) groups excluding carboxylic acids is 3. The molecule has 0 N–H and O–H groups in total. The summed E-state index contributed by atoms with van der Waals surface area (Å²) in [6.07, 6.45) is 1.85. The first-order valence-corrected chi connectivity index (χ1v) is 11.0. The molecule has 0 fully saturated rings. The summed E-state index contributed by atoms with van der Waals surface area (Å²) in [4.78, 5) is 38.1.